The first-order valence-electron chi connectivity index (χ1n) is 14.6. The van der Waals surface area contributed by atoms with Crippen LogP contribution in [0, 0.1) is 0 Å². The standard InChI is InChI=1S/C31H55NO4Si/c1-10-11-12-13-14-15-19-22-25-23-26(36-37(8,9)31(5,6)7)27(28(33)24-20-17-16-18-21-24)32(25)29(34)35-30(2,3)4/h16-18,20-21,25-28,33H,10-15,19,22-23H2,1-9H3/t25-,26+,27-,28?/m1/s1. The minimum absolute atomic E-state index is 0.0105. The molecule has 1 aliphatic rings. The van der Waals surface area contributed by atoms with Crippen LogP contribution in [-0.2, 0) is 9.16 Å². The fourth-order valence-electron chi connectivity index (χ4n) is 5.00. The van der Waals surface area contributed by atoms with E-state index in [2.05, 4.69) is 40.8 Å². The van der Waals surface area contributed by atoms with Crippen molar-refractivity contribution in [1.29, 1.82) is 0 Å². The predicted octanol–water partition coefficient (Wildman–Crippen LogP) is 8.63. The van der Waals surface area contributed by atoms with Gasteiger partial charge in [0.25, 0.3) is 0 Å². The van der Waals surface area contributed by atoms with E-state index in [4.69, 9.17) is 9.16 Å². The molecule has 1 aliphatic heterocycles. The quantitative estimate of drug-likeness (QED) is 0.216. The van der Waals surface area contributed by atoms with E-state index in [0.717, 1.165) is 24.8 Å². The van der Waals surface area contributed by atoms with E-state index in [-0.39, 0.29) is 23.3 Å². The summed E-state index contributed by atoms with van der Waals surface area (Å²) in [4.78, 5) is 15.5. The number of carbonyl (C=O) groups is 1. The molecule has 4 atom stereocenters. The number of likely N-dealkylation sites (tertiary alicyclic amines) is 1. The first-order valence-corrected chi connectivity index (χ1v) is 17.5. The van der Waals surface area contributed by atoms with Crippen LogP contribution in [0.1, 0.15) is 118 Å². The molecule has 1 heterocycles. The van der Waals surface area contributed by atoms with Gasteiger partial charge < -0.3 is 14.3 Å². The maximum Gasteiger partial charge on any atom is 0.410 e. The monoisotopic (exact) mass is 533 g/mol. The summed E-state index contributed by atoms with van der Waals surface area (Å²) in [5.74, 6) is 0. The molecule has 0 spiro atoms. The first kappa shape index (κ1) is 31.8. The molecule has 0 saturated carbocycles. The van der Waals surface area contributed by atoms with E-state index in [1.807, 2.05) is 56.0 Å². The summed E-state index contributed by atoms with van der Waals surface area (Å²) < 4.78 is 12.9. The Balaban J connectivity index is 2.35. The van der Waals surface area contributed by atoms with Gasteiger partial charge in [0.15, 0.2) is 8.32 Å². The highest BCUT2D eigenvalue weighted by Crippen LogP contribution is 2.44. The molecule has 1 amide bonds. The molecule has 1 unspecified atom stereocenters. The third-order valence-electron chi connectivity index (χ3n) is 8.06. The molecule has 0 aliphatic carbocycles. The van der Waals surface area contributed by atoms with E-state index < -0.39 is 26.1 Å². The minimum Gasteiger partial charge on any atom is -0.444 e. The van der Waals surface area contributed by atoms with Crippen LogP contribution >= 0.6 is 0 Å². The van der Waals surface area contributed by atoms with Gasteiger partial charge in [-0.2, -0.15) is 0 Å². The number of hydrogen-bond donors (Lipinski definition) is 1. The normalized spacial score (nSPS) is 21.8. The van der Waals surface area contributed by atoms with Gasteiger partial charge in [0, 0.05) is 6.04 Å². The molecule has 37 heavy (non-hydrogen) atoms. The molecule has 0 aromatic heterocycles. The van der Waals surface area contributed by atoms with Crippen LogP contribution in [0.5, 0.6) is 0 Å². The topological polar surface area (TPSA) is 59.0 Å². The summed E-state index contributed by atoms with van der Waals surface area (Å²) in [5.41, 5.74) is 0.197. The van der Waals surface area contributed by atoms with Crippen LogP contribution in [0.2, 0.25) is 18.1 Å². The Labute approximate surface area is 228 Å². The molecule has 1 fully saturated rings. The molecular formula is C31H55NO4Si. The molecule has 0 radical (unpaired) electrons. The lowest BCUT2D eigenvalue weighted by Gasteiger charge is -2.41. The lowest BCUT2D eigenvalue weighted by molar-refractivity contribution is -0.0207. The maximum absolute atomic E-state index is 13.7. The molecule has 5 nitrogen and oxygen atoms in total. The third-order valence-corrected chi connectivity index (χ3v) is 12.6. The van der Waals surface area contributed by atoms with Gasteiger partial charge in [-0.05, 0) is 57.3 Å². The summed E-state index contributed by atoms with van der Waals surface area (Å²) in [5, 5.41) is 11.7. The Morgan fingerprint density at radius 3 is 2.11 bits per heavy atom. The van der Waals surface area contributed by atoms with Gasteiger partial charge >= 0.3 is 6.09 Å². The van der Waals surface area contributed by atoms with Gasteiger partial charge in [-0.1, -0.05) is 103 Å². The molecule has 1 saturated heterocycles. The van der Waals surface area contributed by atoms with Crippen molar-refractivity contribution in [3.63, 3.8) is 0 Å². The minimum atomic E-state index is -2.15. The number of benzene rings is 1. The fraction of sp³-hybridized carbons (Fsp3) is 0.774. The molecular weight excluding hydrogens is 478 g/mol. The van der Waals surface area contributed by atoms with Crippen molar-refractivity contribution < 1.29 is 19.1 Å². The smallest absolute Gasteiger partial charge is 0.410 e. The van der Waals surface area contributed by atoms with E-state index in [0.29, 0.717) is 0 Å². The summed E-state index contributed by atoms with van der Waals surface area (Å²) in [6, 6.07) is 9.19. The maximum atomic E-state index is 13.7. The van der Waals surface area contributed by atoms with E-state index in [1.54, 1.807) is 0 Å². The van der Waals surface area contributed by atoms with E-state index in [1.165, 1.54) is 38.5 Å². The second kappa shape index (κ2) is 13.6. The Morgan fingerprint density at radius 1 is 1.00 bits per heavy atom. The molecule has 212 valence electrons. The fourth-order valence-corrected chi connectivity index (χ4v) is 6.35. The van der Waals surface area contributed by atoms with Crippen molar-refractivity contribution in [1.82, 2.24) is 4.90 Å². The van der Waals surface area contributed by atoms with Crippen molar-refractivity contribution in [3.05, 3.63) is 35.9 Å². The highest BCUT2D eigenvalue weighted by molar-refractivity contribution is 6.74. The largest absolute Gasteiger partial charge is 0.444 e. The Bertz CT molecular complexity index is 815. The Hall–Kier alpha value is -1.37. The van der Waals surface area contributed by atoms with Crippen molar-refractivity contribution in [3.8, 4) is 0 Å². The van der Waals surface area contributed by atoms with Crippen LogP contribution < -0.4 is 0 Å². The Morgan fingerprint density at radius 2 is 1.57 bits per heavy atom. The molecule has 1 N–H and O–H groups in total. The number of ether oxygens (including phenoxy) is 1. The van der Waals surface area contributed by atoms with Gasteiger partial charge in [0.1, 0.15) is 11.7 Å². The van der Waals surface area contributed by atoms with Crippen molar-refractivity contribution in [2.24, 2.45) is 0 Å². The van der Waals surface area contributed by atoms with Gasteiger partial charge in [-0.25, -0.2) is 4.79 Å². The number of rotatable bonds is 12. The van der Waals surface area contributed by atoms with Crippen molar-refractivity contribution in [2.75, 3.05) is 0 Å². The van der Waals surface area contributed by atoms with E-state index >= 15 is 0 Å². The summed E-state index contributed by atoms with van der Waals surface area (Å²) in [6.07, 6.45) is 8.83. The molecule has 6 heteroatoms. The number of nitrogens with zero attached hydrogens (tertiary/aromatic N) is 1. The van der Waals surface area contributed by atoms with E-state index in [9.17, 15) is 9.90 Å². The highest BCUT2D eigenvalue weighted by Gasteiger charge is 2.52. The molecule has 0 bridgehead atoms. The summed E-state index contributed by atoms with van der Waals surface area (Å²) >= 11 is 0. The van der Waals surface area contributed by atoms with Crippen LogP contribution in [0.3, 0.4) is 0 Å². The number of amides is 1. The highest BCUT2D eigenvalue weighted by atomic mass is 28.4. The predicted molar refractivity (Wildman–Crippen MR) is 156 cm³/mol. The number of aliphatic hydroxyl groups is 1. The van der Waals surface area contributed by atoms with Crippen molar-refractivity contribution in [2.45, 2.75) is 154 Å². The van der Waals surface area contributed by atoms with Crippen LogP contribution in [0.25, 0.3) is 0 Å². The van der Waals surface area contributed by atoms with Crippen LogP contribution in [0.15, 0.2) is 30.3 Å². The van der Waals surface area contributed by atoms with Crippen LogP contribution in [-0.4, -0.2) is 48.2 Å². The second-order valence-electron chi connectivity index (χ2n) is 13.4. The second-order valence-corrected chi connectivity index (χ2v) is 18.2. The number of aliphatic hydroxyl groups excluding tert-OH is 1. The number of hydrogen-bond acceptors (Lipinski definition) is 4. The van der Waals surface area contributed by atoms with Gasteiger partial charge in [0.2, 0.25) is 0 Å². The molecule has 2 rings (SSSR count). The van der Waals surface area contributed by atoms with Gasteiger partial charge in [0.05, 0.1) is 12.1 Å². The number of carbonyl (C=O) groups excluding carboxylic acids is 1. The average Bonchev–Trinajstić information content (AvgIpc) is 3.14. The third kappa shape index (κ3) is 9.40. The van der Waals surface area contributed by atoms with Crippen molar-refractivity contribution >= 4 is 14.4 Å². The Kier molecular flexibility index (Phi) is 11.7. The average molecular weight is 534 g/mol. The van der Waals surface area contributed by atoms with Gasteiger partial charge in [-0.3, -0.25) is 4.90 Å². The zero-order valence-corrected chi connectivity index (χ0v) is 26.2. The van der Waals surface area contributed by atoms with Gasteiger partial charge in [-0.15, -0.1) is 0 Å². The SMILES string of the molecule is CCCCCCCCC[C@@H]1C[C@H](O[Si](C)(C)C(C)(C)C)[C@H](C(O)c2ccccc2)N1C(=O)OC(C)(C)C. The summed E-state index contributed by atoms with van der Waals surface area (Å²) in [7, 11) is -2.15. The van der Waals surface area contributed by atoms with Crippen LogP contribution in [0.4, 0.5) is 4.79 Å². The zero-order chi connectivity index (χ0) is 27.9. The lowest BCUT2D eigenvalue weighted by Crippen LogP contribution is -2.52. The summed E-state index contributed by atoms with van der Waals surface area (Å²) in [6.45, 7) is 19.2. The molecule has 1 aromatic rings. The first-order chi connectivity index (χ1) is 17.2. The lowest BCUT2D eigenvalue weighted by atomic mass is 9.98. The molecule has 1 aromatic carbocycles. The zero-order valence-electron chi connectivity index (χ0n) is 25.2. The number of unbranched alkanes of at least 4 members (excludes halogenated alkanes) is 6.